The first-order valence-corrected chi connectivity index (χ1v) is 9.63. The number of fused-ring (bicyclic) bond motifs is 1. The smallest absolute Gasteiger partial charge is 0.295 e. The number of aromatic nitrogens is 1. The Labute approximate surface area is 177 Å². The summed E-state index contributed by atoms with van der Waals surface area (Å²) in [5.41, 5.74) is 1.36. The van der Waals surface area contributed by atoms with Crippen LogP contribution in [-0.4, -0.2) is 26.6 Å². The summed E-state index contributed by atoms with van der Waals surface area (Å²) in [7, 11) is 0. The van der Waals surface area contributed by atoms with Crippen molar-refractivity contribution in [3.63, 3.8) is 0 Å². The molecule has 0 radical (unpaired) electrons. The lowest BCUT2D eigenvalue weighted by atomic mass is 10.1. The highest BCUT2D eigenvalue weighted by Crippen LogP contribution is 2.40. The molecule has 4 rings (SSSR count). The second kappa shape index (κ2) is 8.23. The van der Waals surface area contributed by atoms with Crippen LogP contribution < -0.4 is 0 Å². The third-order valence-corrected chi connectivity index (χ3v) is 5.13. The van der Waals surface area contributed by atoms with E-state index in [0.29, 0.717) is 16.3 Å². The van der Waals surface area contributed by atoms with Crippen LogP contribution in [0.4, 0.5) is 0 Å². The molecule has 0 aliphatic rings. The highest BCUT2D eigenvalue weighted by Gasteiger charge is 2.22. The van der Waals surface area contributed by atoms with Crippen LogP contribution in [0.15, 0.2) is 89.1 Å². The van der Waals surface area contributed by atoms with Crippen molar-refractivity contribution < 1.29 is 19.8 Å². The number of amides is 2. The highest BCUT2D eigenvalue weighted by atomic mass is 16.3. The highest BCUT2D eigenvalue weighted by molar-refractivity contribution is 6.03. The van der Waals surface area contributed by atoms with Gasteiger partial charge in [-0.25, -0.2) is 0 Å². The van der Waals surface area contributed by atoms with E-state index in [9.17, 15) is 19.8 Å². The summed E-state index contributed by atoms with van der Waals surface area (Å²) in [5, 5.41) is 29.1. The number of nitrogens with zero attached hydrogens (tertiary/aromatic N) is 3. The van der Waals surface area contributed by atoms with E-state index in [0.717, 1.165) is 5.56 Å². The van der Waals surface area contributed by atoms with Crippen molar-refractivity contribution in [1.82, 2.24) is 4.57 Å². The van der Waals surface area contributed by atoms with E-state index >= 15 is 0 Å². The van der Waals surface area contributed by atoms with Gasteiger partial charge < -0.3 is 10.2 Å². The molecule has 0 spiro atoms. The molecule has 0 fully saturated rings. The number of carbonyl (C=O) groups excluding carboxylic acids is 2. The van der Waals surface area contributed by atoms with Crippen molar-refractivity contribution in [3.8, 4) is 11.8 Å². The fourth-order valence-electron chi connectivity index (χ4n) is 3.45. The number of aromatic hydroxyl groups is 2. The molecule has 0 unspecified atom stereocenters. The van der Waals surface area contributed by atoms with Gasteiger partial charge in [0, 0.05) is 21.9 Å². The molecule has 1 heterocycles. The minimum atomic E-state index is -0.728. The van der Waals surface area contributed by atoms with Crippen molar-refractivity contribution in [3.05, 3.63) is 95.6 Å². The summed E-state index contributed by atoms with van der Waals surface area (Å²) < 4.78 is 1.40. The summed E-state index contributed by atoms with van der Waals surface area (Å²) in [6, 6.07) is 21.8. The van der Waals surface area contributed by atoms with Gasteiger partial charge in [0.15, 0.2) is 0 Å². The van der Waals surface area contributed by atoms with Gasteiger partial charge >= 0.3 is 0 Å². The average molecular weight is 413 g/mol. The molecule has 0 aliphatic carbocycles. The van der Waals surface area contributed by atoms with Gasteiger partial charge in [0.25, 0.3) is 11.8 Å². The largest absolute Gasteiger partial charge is 0.494 e. The molecule has 154 valence electrons. The van der Waals surface area contributed by atoms with E-state index < -0.39 is 11.8 Å². The van der Waals surface area contributed by atoms with Crippen LogP contribution in [0.2, 0.25) is 0 Å². The molecule has 2 N–H and O–H groups in total. The first-order valence-electron chi connectivity index (χ1n) is 9.63. The van der Waals surface area contributed by atoms with Crippen molar-refractivity contribution in [2.75, 3.05) is 0 Å². The fraction of sp³-hybridized carbons (Fsp3) is 0.0833. The normalized spacial score (nSPS) is 12.3. The van der Waals surface area contributed by atoms with Crippen molar-refractivity contribution in [2.45, 2.75) is 13.0 Å². The SMILES string of the molecule is C[C@@H](c1ccccc1)n1c(O)c2ccc(C(=O)N=NC(=O)c3ccccc3)cc2c1O. The maximum atomic E-state index is 12.4. The molecule has 0 saturated carbocycles. The van der Waals surface area contributed by atoms with Gasteiger partial charge in [0.05, 0.1) is 6.04 Å². The number of hydrogen-bond acceptors (Lipinski definition) is 4. The lowest BCUT2D eigenvalue weighted by Gasteiger charge is -2.16. The Morgan fingerprint density at radius 2 is 1.29 bits per heavy atom. The third kappa shape index (κ3) is 3.81. The van der Waals surface area contributed by atoms with E-state index in [1.165, 1.54) is 22.8 Å². The van der Waals surface area contributed by atoms with Crippen LogP contribution >= 0.6 is 0 Å². The van der Waals surface area contributed by atoms with E-state index in [1.54, 1.807) is 30.3 Å². The zero-order chi connectivity index (χ0) is 22.0. The zero-order valence-electron chi connectivity index (χ0n) is 16.6. The molecule has 0 bridgehead atoms. The van der Waals surface area contributed by atoms with Gasteiger partial charge in [-0.05, 0) is 42.8 Å². The van der Waals surface area contributed by atoms with Crippen LogP contribution in [0, 0.1) is 0 Å². The Hall–Kier alpha value is -4.26. The van der Waals surface area contributed by atoms with Gasteiger partial charge in [-0.2, -0.15) is 0 Å². The minimum absolute atomic E-state index is 0.108. The van der Waals surface area contributed by atoms with E-state index in [2.05, 4.69) is 10.2 Å². The predicted molar refractivity (Wildman–Crippen MR) is 115 cm³/mol. The summed E-state index contributed by atoms with van der Waals surface area (Å²) in [6.07, 6.45) is 0. The Morgan fingerprint density at radius 1 is 0.742 bits per heavy atom. The molecule has 2 amide bonds. The summed E-state index contributed by atoms with van der Waals surface area (Å²) >= 11 is 0. The molecule has 1 atom stereocenters. The molecular formula is C24H19N3O4. The van der Waals surface area contributed by atoms with Gasteiger partial charge in [-0.1, -0.05) is 48.5 Å². The van der Waals surface area contributed by atoms with Crippen molar-refractivity contribution in [1.29, 1.82) is 0 Å². The molecule has 0 aliphatic heterocycles. The Kier molecular flexibility index (Phi) is 5.32. The first-order chi connectivity index (χ1) is 15.0. The number of azo groups is 1. The van der Waals surface area contributed by atoms with Crippen LogP contribution in [0.25, 0.3) is 10.8 Å². The van der Waals surface area contributed by atoms with Gasteiger partial charge in [-0.3, -0.25) is 14.2 Å². The summed E-state index contributed by atoms with van der Waals surface area (Å²) in [5.74, 6) is -1.63. The topological polar surface area (TPSA) is 104 Å². The summed E-state index contributed by atoms with van der Waals surface area (Å²) in [4.78, 5) is 24.4. The molecule has 4 aromatic rings. The predicted octanol–water partition coefficient (Wildman–Crippen LogP) is 5.09. The number of carbonyl (C=O) groups is 2. The minimum Gasteiger partial charge on any atom is -0.494 e. The van der Waals surface area contributed by atoms with E-state index in [-0.39, 0.29) is 23.4 Å². The fourth-order valence-corrected chi connectivity index (χ4v) is 3.45. The Bertz CT molecular complexity index is 1290. The molecule has 1 aromatic heterocycles. The molecule has 0 saturated heterocycles. The Balaban J connectivity index is 1.65. The Morgan fingerprint density at radius 3 is 1.94 bits per heavy atom. The van der Waals surface area contributed by atoms with Crippen LogP contribution in [0.1, 0.15) is 39.2 Å². The second-order valence-corrected chi connectivity index (χ2v) is 7.04. The van der Waals surface area contributed by atoms with E-state index in [4.69, 9.17) is 0 Å². The summed E-state index contributed by atoms with van der Waals surface area (Å²) in [6.45, 7) is 1.85. The van der Waals surface area contributed by atoms with Crippen molar-refractivity contribution >= 4 is 22.6 Å². The molecule has 7 nitrogen and oxygen atoms in total. The van der Waals surface area contributed by atoms with Gasteiger partial charge in [0.1, 0.15) is 0 Å². The number of hydrogen-bond donors (Lipinski definition) is 2. The van der Waals surface area contributed by atoms with Gasteiger partial charge in [-0.15, -0.1) is 10.2 Å². The van der Waals surface area contributed by atoms with Crippen LogP contribution in [0.5, 0.6) is 11.8 Å². The number of rotatable bonds is 4. The zero-order valence-corrected chi connectivity index (χ0v) is 16.6. The quantitative estimate of drug-likeness (QED) is 0.454. The molecule has 31 heavy (non-hydrogen) atoms. The van der Waals surface area contributed by atoms with E-state index in [1.807, 2.05) is 37.3 Å². The second-order valence-electron chi connectivity index (χ2n) is 7.04. The average Bonchev–Trinajstić information content (AvgIpc) is 3.07. The van der Waals surface area contributed by atoms with Crippen LogP contribution in [-0.2, 0) is 0 Å². The number of benzene rings is 3. The van der Waals surface area contributed by atoms with Crippen LogP contribution in [0.3, 0.4) is 0 Å². The lowest BCUT2D eigenvalue weighted by Crippen LogP contribution is -2.05. The van der Waals surface area contributed by atoms with Gasteiger partial charge in [0.2, 0.25) is 11.8 Å². The molecule has 3 aromatic carbocycles. The monoisotopic (exact) mass is 413 g/mol. The maximum absolute atomic E-state index is 12.4. The standard InChI is InChI=1S/C24H19N3O4/c1-15(16-8-4-2-5-9-16)27-23(30)19-13-12-18(14-20(19)24(27)31)22(29)26-25-21(28)17-10-6-3-7-11-17/h2-15,30-31H,1H3/t15-/m0/s1. The maximum Gasteiger partial charge on any atom is 0.295 e. The third-order valence-electron chi connectivity index (χ3n) is 5.13. The van der Waals surface area contributed by atoms with Crippen molar-refractivity contribution in [2.24, 2.45) is 10.2 Å². The first kappa shape index (κ1) is 20.0. The molecule has 7 heteroatoms. The lowest BCUT2D eigenvalue weighted by molar-refractivity contribution is 0.0947. The molecular weight excluding hydrogens is 394 g/mol.